The van der Waals surface area contributed by atoms with Gasteiger partial charge in [0, 0.05) is 43.6 Å². The second-order valence-electron chi connectivity index (χ2n) is 13.9. The highest BCUT2D eigenvalue weighted by Crippen LogP contribution is 2.63. The van der Waals surface area contributed by atoms with Gasteiger partial charge < -0.3 is 0 Å². The lowest BCUT2D eigenvalue weighted by atomic mass is 9.67. The minimum atomic E-state index is -0.551. The molecule has 0 bridgehead atoms. The average Bonchev–Trinajstić information content (AvgIpc) is 3.53. The lowest BCUT2D eigenvalue weighted by Crippen LogP contribution is -2.32. The zero-order chi connectivity index (χ0) is 35.6. The molecular formula is C50H31N3S. The van der Waals surface area contributed by atoms with Gasteiger partial charge in [0.25, 0.3) is 0 Å². The van der Waals surface area contributed by atoms with E-state index in [1.54, 1.807) is 0 Å². The molecule has 0 unspecified atom stereocenters. The van der Waals surface area contributed by atoms with Crippen LogP contribution in [0.1, 0.15) is 22.3 Å². The second kappa shape index (κ2) is 12.2. The van der Waals surface area contributed by atoms with Crippen molar-refractivity contribution in [3.63, 3.8) is 0 Å². The van der Waals surface area contributed by atoms with Crippen LogP contribution in [-0.2, 0) is 5.41 Å². The van der Waals surface area contributed by atoms with Crippen LogP contribution < -0.4 is 0 Å². The summed E-state index contributed by atoms with van der Waals surface area (Å²) in [7, 11) is 0. The molecule has 2 aliphatic rings. The van der Waals surface area contributed by atoms with Crippen LogP contribution >= 0.6 is 11.8 Å². The van der Waals surface area contributed by atoms with Gasteiger partial charge in [0.15, 0.2) is 5.82 Å². The quantitative estimate of drug-likeness (QED) is 0.183. The standard InChI is InChI=1S/C50H31N3S/c1-3-13-32(14-4-1)44-31-45(53-49(52-44)34-15-5-2-6-16-34)36-25-27-39-38-26-24-35(37-19-11-17-33-18-12-28-51-48(33)37)29-42(38)50(43(39)30-36)40-20-7-9-22-46(40)54-47-23-10-8-21-41(47)50/h1-31H. The van der Waals surface area contributed by atoms with Gasteiger partial charge in [-0.05, 0) is 75.3 Å². The Morgan fingerprint density at radius 1 is 0.389 bits per heavy atom. The molecule has 0 amide bonds. The van der Waals surface area contributed by atoms with E-state index in [1.165, 1.54) is 43.2 Å². The molecule has 1 spiro atoms. The van der Waals surface area contributed by atoms with Gasteiger partial charge in [0.2, 0.25) is 0 Å². The third kappa shape index (κ3) is 4.67. The Hall–Kier alpha value is -6.62. The first-order valence-corrected chi connectivity index (χ1v) is 19.1. The molecule has 252 valence electrons. The fourth-order valence-electron chi connectivity index (χ4n) is 8.63. The van der Waals surface area contributed by atoms with Gasteiger partial charge in [-0.15, -0.1) is 0 Å². The molecule has 7 aromatic carbocycles. The van der Waals surface area contributed by atoms with E-state index in [1.807, 2.05) is 48.3 Å². The van der Waals surface area contributed by atoms with Crippen molar-refractivity contribution in [3.05, 3.63) is 210 Å². The molecule has 4 heteroatoms. The maximum atomic E-state index is 5.26. The summed E-state index contributed by atoms with van der Waals surface area (Å²) in [6.07, 6.45) is 1.89. The van der Waals surface area contributed by atoms with Crippen LogP contribution in [0.3, 0.4) is 0 Å². The van der Waals surface area contributed by atoms with Gasteiger partial charge in [-0.1, -0.05) is 157 Å². The Morgan fingerprint density at radius 2 is 0.963 bits per heavy atom. The van der Waals surface area contributed by atoms with Crippen LogP contribution in [0, 0.1) is 0 Å². The largest absolute Gasteiger partial charge is 0.256 e. The van der Waals surface area contributed by atoms with E-state index >= 15 is 0 Å². The fourth-order valence-corrected chi connectivity index (χ4v) is 9.82. The Morgan fingerprint density at radius 3 is 1.67 bits per heavy atom. The predicted octanol–water partition coefficient (Wildman–Crippen LogP) is 12.5. The predicted molar refractivity (Wildman–Crippen MR) is 221 cm³/mol. The fraction of sp³-hybridized carbons (Fsp3) is 0.0200. The van der Waals surface area contributed by atoms with Crippen molar-refractivity contribution in [3.8, 4) is 56.2 Å². The van der Waals surface area contributed by atoms with Gasteiger partial charge in [-0.3, -0.25) is 4.98 Å². The molecular weight excluding hydrogens is 675 g/mol. The summed E-state index contributed by atoms with van der Waals surface area (Å²) in [5, 5.41) is 1.14. The molecule has 11 rings (SSSR count). The number of pyridine rings is 1. The summed E-state index contributed by atoms with van der Waals surface area (Å²) < 4.78 is 0. The van der Waals surface area contributed by atoms with Crippen LogP contribution in [0.2, 0.25) is 0 Å². The number of hydrogen-bond acceptors (Lipinski definition) is 4. The first-order valence-electron chi connectivity index (χ1n) is 18.3. The lowest BCUT2D eigenvalue weighted by Gasteiger charge is -2.40. The first-order chi connectivity index (χ1) is 26.8. The van der Waals surface area contributed by atoms with E-state index in [4.69, 9.17) is 15.0 Å². The van der Waals surface area contributed by atoms with E-state index in [0.717, 1.165) is 50.1 Å². The number of nitrogens with zero attached hydrogens (tertiary/aromatic N) is 3. The van der Waals surface area contributed by atoms with Gasteiger partial charge in [-0.2, -0.15) is 0 Å². The molecule has 3 nitrogen and oxygen atoms in total. The molecule has 0 fully saturated rings. The smallest absolute Gasteiger partial charge is 0.160 e. The Balaban J connectivity index is 1.19. The normalized spacial score (nSPS) is 13.3. The number of fused-ring (bicyclic) bond motifs is 10. The highest BCUT2D eigenvalue weighted by Gasteiger charge is 2.50. The van der Waals surface area contributed by atoms with Crippen molar-refractivity contribution in [2.45, 2.75) is 15.2 Å². The maximum absolute atomic E-state index is 5.26. The average molecular weight is 706 g/mol. The molecule has 9 aromatic rings. The van der Waals surface area contributed by atoms with Crippen LogP contribution in [0.15, 0.2) is 198 Å². The Labute approximate surface area is 318 Å². The molecule has 0 saturated carbocycles. The molecule has 2 aromatic heterocycles. The molecule has 54 heavy (non-hydrogen) atoms. The number of aromatic nitrogens is 3. The van der Waals surface area contributed by atoms with Crippen molar-refractivity contribution >= 4 is 22.7 Å². The van der Waals surface area contributed by atoms with E-state index < -0.39 is 5.41 Å². The van der Waals surface area contributed by atoms with Crippen LogP contribution in [0.25, 0.3) is 67.1 Å². The van der Waals surface area contributed by atoms with E-state index in [9.17, 15) is 0 Å². The van der Waals surface area contributed by atoms with Gasteiger partial charge in [0.05, 0.1) is 22.3 Å². The third-order valence-corrected chi connectivity index (χ3v) is 12.2. The molecule has 0 saturated heterocycles. The SMILES string of the molecule is c1ccc(-c2cc(-c3ccc4c(c3)C3(c5ccccc5Sc5ccccc53)c3cc(-c5cccc6cccnc56)ccc3-4)nc(-c3ccccc3)n2)cc1. The van der Waals surface area contributed by atoms with Crippen molar-refractivity contribution in [2.75, 3.05) is 0 Å². The summed E-state index contributed by atoms with van der Waals surface area (Å²) in [4.78, 5) is 17.7. The van der Waals surface area contributed by atoms with Crippen molar-refractivity contribution in [2.24, 2.45) is 0 Å². The summed E-state index contributed by atoms with van der Waals surface area (Å²) in [5.41, 5.74) is 15.3. The monoisotopic (exact) mass is 705 g/mol. The van der Waals surface area contributed by atoms with Crippen LogP contribution in [-0.4, -0.2) is 15.0 Å². The first kappa shape index (κ1) is 31.0. The van der Waals surface area contributed by atoms with E-state index in [0.29, 0.717) is 5.82 Å². The van der Waals surface area contributed by atoms with Gasteiger partial charge in [-0.25, -0.2) is 9.97 Å². The van der Waals surface area contributed by atoms with Crippen molar-refractivity contribution in [1.82, 2.24) is 15.0 Å². The number of rotatable bonds is 4. The Kier molecular flexibility index (Phi) is 7.01. The minimum absolute atomic E-state index is 0.551. The minimum Gasteiger partial charge on any atom is -0.256 e. The highest BCUT2D eigenvalue weighted by molar-refractivity contribution is 7.99. The Bertz CT molecular complexity index is 2810. The molecule has 1 aliphatic heterocycles. The topological polar surface area (TPSA) is 38.7 Å². The zero-order valence-corrected chi connectivity index (χ0v) is 30.0. The van der Waals surface area contributed by atoms with E-state index in [-0.39, 0.29) is 0 Å². The summed E-state index contributed by atoms with van der Waals surface area (Å²) in [5.74, 6) is 0.712. The van der Waals surface area contributed by atoms with Gasteiger partial charge in [0.1, 0.15) is 0 Å². The van der Waals surface area contributed by atoms with Crippen LogP contribution in [0.4, 0.5) is 0 Å². The lowest BCUT2D eigenvalue weighted by molar-refractivity contribution is 0.723. The molecule has 0 N–H and O–H groups in total. The third-order valence-electron chi connectivity index (χ3n) is 11.0. The summed E-state index contributed by atoms with van der Waals surface area (Å²) in [6.45, 7) is 0. The zero-order valence-electron chi connectivity index (χ0n) is 29.1. The molecule has 3 heterocycles. The van der Waals surface area contributed by atoms with Crippen LogP contribution in [0.5, 0.6) is 0 Å². The molecule has 1 aliphatic carbocycles. The molecule has 0 radical (unpaired) electrons. The summed E-state index contributed by atoms with van der Waals surface area (Å²) in [6, 6.07) is 65.4. The highest BCUT2D eigenvalue weighted by atomic mass is 32.2. The number of para-hydroxylation sites is 1. The number of hydrogen-bond donors (Lipinski definition) is 0. The molecule has 0 atom stereocenters. The second-order valence-corrected chi connectivity index (χ2v) is 15.0. The van der Waals surface area contributed by atoms with Gasteiger partial charge >= 0.3 is 0 Å². The number of benzene rings is 7. The van der Waals surface area contributed by atoms with Crippen molar-refractivity contribution < 1.29 is 0 Å². The van der Waals surface area contributed by atoms with Crippen molar-refractivity contribution in [1.29, 1.82) is 0 Å². The maximum Gasteiger partial charge on any atom is 0.160 e. The van der Waals surface area contributed by atoms with E-state index in [2.05, 4.69) is 152 Å². The summed E-state index contributed by atoms with van der Waals surface area (Å²) >= 11 is 1.86.